The number of allylic oxidation sites excluding steroid dienone is 4. The van der Waals surface area contributed by atoms with E-state index in [-0.39, 0.29) is 11.5 Å². The highest BCUT2D eigenvalue weighted by atomic mass is 19.4. The van der Waals surface area contributed by atoms with Gasteiger partial charge in [-0.2, -0.15) is 8.78 Å². The highest BCUT2D eigenvalue weighted by Crippen LogP contribution is 2.42. The van der Waals surface area contributed by atoms with Gasteiger partial charge in [-0.05, 0) is 72.7 Å². The molecule has 2 aromatic rings. The first-order valence-corrected chi connectivity index (χ1v) is 13.1. The van der Waals surface area contributed by atoms with Gasteiger partial charge >= 0.3 is 12.5 Å². The second-order valence-corrected chi connectivity index (χ2v) is 10.1. The fraction of sp³-hybridized carbons (Fsp3) is 0.419. The molecule has 3 rings (SSSR count). The lowest BCUT2D eigenvalue weighted by Crippen LogP contribution is -2.41. The quantitative estimate of drug-likeness (QED) is 0.200. The molecule has 1 unspecified atom stereocenters. The van der Waals surface area contributed by atoms with Crippen LogP contribution in [0.15, 0.2) is 85.5 Å². The van der Waals surface area contributed by atoms with Crippen molar-refractivity contribution in [3.8, 4) is 11.5 Å². The molecule has 39 heavy (non-hydrogen) atoms. The van der Waals surface area contributed by atoms with E-state index in [0.29, 0.717) is 36.9 Å². The Hall–Kier alpha value is -3.13. The molecule has 0 heterocycles. The largest absolute Gasteiger partial charge is 0.573 e. The highest BCUT2D eigenvalue weighted by molar-refractivity contribution is 5.48. The molecule has 1 atom stereocenters. The number of hydrogen-bond acceptors (Lipinski definition) is 3. The molecule has 1 aliphatic rings. The zero-order valence-electron chi connectivity index (χ0n) is 22.2. The van der Waals surface area contributed by atoms with Crippen molar-refractivity contribution in [2.24, 2.45) is 5.92 Å². The number of ether oxygens (including phenoxy) is 2. The molecule has 2 aromatic carbocycles. The van der Waals surface area contributed by atoms with Crippen molar-refractivity contribution >= 4 is 0 Å². The van der Waals surface area contributed by atoms with Crippen molar-refractivity contribution < 1.29 is 31.4 Å². The summed E-state index contributed by atoms with van der Waals surface area (Å²) in [4.78, 5) is 0. The summed E-state index contributed by atoms with van der Waals surface area (Å²) in [5.74, 6) is 0.0802. The van der Waals surface area contributed by atoms with Gasteiger partial charge in [-0.1, -0.05) is 74.9 Å². The van der Waals surface area contributed by atoms with Crippen LogP contribution in [0.3, 0.4) is 0 Å². The Morgan fingerprint density at radius 1 is 0.923 bits per heavy atom. The van der Waals surface area contributed by atoms with Gasteiger partial charge in [0.05, 0.1) is 0 Å². The molecule has 1 aliphatic carbocycles. The van der Waals surface area contributed by atoms with E-state index < -0.39 is 17.9 Å². The smallest absolute Gasteiger partial charge is 0.433 e. The molecule has 0 radical (unpaired) electrons. The minimum Gasteiger partial charge on any atom is -0.433 e. The third-order valence-electron chi connectivity index (χ3n) is 6.99. The molecule has 212 valence electrons. The Morgan fingerprint density at radius 3 is 2.03 bits per heavy atom. The minimum atomic E-state index is -4.87. The lowest BCUT2D eigenvalue weighted by Gasteiger charge is -2.37. The van der Waals surface area contributed by atoms with E-state index in [4.69, 9.17) is 4.74 Å². The van der Waals surface area contributed by atoms with E-state index in [0.717, 1.165) is 25.0 Å². The van der Waals surface area contributed by atoms with Gasteiger partial charge in [0, 0.05) is 18.9 Å². The molecule has 1 saturated carbocycles. The van der Waals surface area contributed by atoms with Crippen LogP contribution in [0.4, 0.5) is 22.0 Å². The first kappa shape index (κ1) is 30.4. The number of rotatable bonds is 13. The maximum atomic E-state index is 13.8. The summed E-state index contributed by atoms with van der Waals surface area (Å²) in [5, 5.41) is 3.56. The number of benzene rings is 2. The van der Waals surface area contributed by atoms with Gasteiger partial charge in [0.1, 0.15) is 11.5 Å². The van der Waals surface area contributed by atoms with Crippen molar-refractivity contribution in [1.29, 1.82) is 0 Å². The van der Waals surface area contributed by atoms with Crippen LogP contribution in [-0.4, -0.2) is 25.6 Å². The summed E-state index contributed by atoms with van der Waals surface area (Å²) in [5.41, 5.74) is 0.920. The first-order chi connectivity index (χ1) is 18.4. The van der Waals surface area contributed by atoms with Crippen LogP contribution < -0.4 is 14.8 Å². The number of halogens is 5. The Morgan fingerprint density at radius 2 is 1.51 bits per heavy atom. The molecule has 1 fully saturated rings. The summed E-state index contributed by atoms with van der Waals surface area (Å²) in [7, 11) is 0. The van der Waals surface area contributed by atoms with Crippen LogP contribution in [0, 0.1) is 5.92 Å². The zero-order chi connectivity index (χ0) is 28.5. The fourth-order valence-corrected chi connectivity index (χ4v) is 5.27. The Kier molecular flexibility index (Phi) is 10.4. The lowest BCUT2D eigenvalue weighted by molar-refractivity contribution is -0.274. The third kappa shape index (κ3) is 9.24. The van der Waals surface area contributed by atoms with Crippen LogP contribution in [0.1, 0.15) is 56.6 Å². The van der Waals surface area contributed by atoms with E-state index in [1.165, 1.54) is 49.6 Å². The monoisotopic (exact) mass is 549 g/mol. The van der Waals surface area contributed by atoms with Gasteiger partial charge in [0.15, 0.2) is 0 Å². The van der Waals surface area contributed by atoms with E-state index >= 15 is 0 Å². The van der Waals surface area contributed by atoms with E-state index in [9.17, 15) is 22.0 Å². The van der Waals surface area contributed by atoms with Crippen LogP contribution in [0.25, 0.3) is 0 Å². The number of alkyl halides is 5. The summed E-state index contributed by atoms with van der Waals surface area (Å²) < 4.78 is 76.0. The molecule has 8 heteroatoms. The second-order valence-electron chi connectivity index (χ2n) is 10.1. The van der Waals surface area contributed by atoms with Crippen molar-refractivity contribution in [2.45, 2.75) is 63.3 Å². The summed E-state index contributed by atoms with van der Waals surface area (Å²) in [6.07, 6.45) is 2.86. The molecule has 0 saturated heterocycles. The molecular formula is C31H36F5NO2. The highest BCUT2D eigenvalue weighted by Gasteiger charge is 2.37. The molecule has 3 nitrogen and oxygen atoms in total. The van der Waals surface area contributed by atoms with E-state index in [2.05, 4.69) is 23.2 Å². The average molecular weight is 550 g/mol. The van der Waals surface area contributed by atoms with Crippen molar-refractivity contribution in [3.63, 3.8) is 0 Å². The van der Waals surface area contributed by atoms with Crippen LogP contribution >= 0.6 is 0 Å². The minimum absolute atomic E-state index is 0.0489. The van der Waals surface area contributed by atoms with Gasteiger partial charge < -0.3 is 14.8 Å². The molecule has 0 bridgehead atoms. The second kappa shape index (κ2) is 13.3. The normalized spacial score (nSPS) is 16.8. The number of nitrogens with one attached hydrogen (secondary N) is 1. The Bertz CT molecular complexity index is 1070. The molecular weight excluding hydrogens is 513 g/mol. The number of hydrogen-bond donors (Lipinski definition) is 1. The average Bonchev–Trinajstić information content (AvgIpc) is 2.86. The van der Waals surface area contributed by atoms with Gasteiger partial charge in [-0.15, -0.1) is 13.2 Å². The molecule has 1 N–H and O–H groups in total. The van der Waals surface area contributed by atoms with Gasteiger partial charge in [-0.3, -0.25) is 0 Å². The van der Waals surface area contributed by atoms with Gasteiger partial charge in [0.25, 0.3) is 0 Å². The van der Waals surface area contributed by atoms with Crippen molar-refractivity contribution in [2.75, 3.05) is 13.1 Å². The summed E-state index contributed by atoms with van der Waals surface area (Å²) >= 11 is 0. The molecule has 0 aromatic heterocycles. The van der Waals surface area contributed by atoms with Crippen molar-refractivity contribution in [1.82, 2.24) is 5.32 Å². The van der Waals surface area contributed by atoms with Gasteiger partial charge in [0.2, 0.25) is 0 Å². The first-order valence-electron chi connectivity index (χ1n) is 13.1. The third-order valence-corrected chi connectivity index (χ3v) is 6.99. The summed E-state index contributed by atoms with van der Waals surface area (Å²) in [6.45, 7) is 9.38. The zero-order valence-corrected chi connectivity index (χ0v) is 22.2. The lowest BCUT2D eigenvalue weighted by atomic mass is 9.69. The van der Waals surface area contributed by atoms with Crippen LogP contribution in [0.2, 0.25) is 0 Å². The van der Waals surface area contributed by atoms with E-state index in [1.54, 1.807) is 36.4 Å². The van der Waals surface area contributed by atoms with Gasteiger partial charge in [-0.25, -0.2) is 0 Å². The maximum Gasteiger partial charge on any atom is 0.573 e. The van der Waals surface area contributed by atoms with Crippen LogP contribution in [0.5, 0.6) is 11.5 Å². The Balaban J connectivity index is 2.15. The molecule has 0 spiro atoms. The van der Waals surface area contributed by atoms with Crippen molar-refractivity contribution in [3.05, 3.63) is 96.6 Å². The van der Waals surface area contributed by atoms with E-state index in [1.807, 2.05) is 0 Å². The SMILES string of the molecule is C=C/C=C(\C=C)CC(CNCC1CCCCC1)(c1cccc(OC(C)(F)F)c1)c1cccc(OC(F)(F)F)c1. The molecule has 0 aliphatic heterocycles. The standard InChI is InChI=1S/C31H36F5NO2/c1-4-11-23(5-2)20-30(22-37-21-24-12-7-6-8-13-24,25-14-9-16-27(18-25)38-29(3,32)33)26-15-10-17-28(19-26)39-31(34,35)36/h4-5,9-11,14-19,24,37H,1-2,6-8,12-13,20-22H2,3H3/b23-11+. The molecule has 0 amide bonds. The topological polar surface area (TPSA) is 30.5 Å². The fourth-order valence-electron chi connectivity index (χ4n) is 5.27. The predicted octanol–water partition coefficient (Wildman–Crippen LogP) is 8.72. The summed E-state index contributed by atoms with van der Waals surface area (Å²) in [6, 6.07) is 12.1. The maximum absolute atomic E-state index is 13.8. The Labute approximate surface area is 227 Å². The van der Waals surface area contributed by atoms with Crippen LogP contribution in [-0.2, 0) is 5.41 Å². The predicted molar refractivity (Wildman–Crippen MR) is 144 cm³/mol.